The van der Waals surface area contributed by atoms with Gasteiger partial charge in [0, 0.05) is 12.6 Å². The number of anilines is 1. The predicted molar refractivity (Wildman–Crippen MR) is 91.6 cm³/mol. The summed E-state index contributed by atoms with van der Waals surface area (Å²) in [5.74, 6) is 1.94. The molecule has 2 aromatic rings. The molecule has 24 heavy (non-hydrogen) atoms. The molecule has 128 valence electrons. The fourth-order valence-electron chi connectivity index (χ4n) is 1.93. The number of ether oxygens (including phenoxy) is 2. The Kier molecular flexibility index (Phi) is 6.82. The molecule has 2 N–H and O–H groups in total. The summed E-state index contributed by atoms with van der Waals surface area (Å²) < 4.78 is 10.7. The van der Waals surface area contributed by atoms with Gasteiger partial charge in [0.25, 0.3) is 5.91 Å². The lowest BCUT2D eigenvalue weighted by Gasteiger charge is -2.09. The molecule has 1 amide bonds. The van der Waals surface area contributed by atoms with Gasteiger partial charge in [-0.3, -0.25) is 4.79 Å². The van der Waals surface area contributed by atoms with E-state index in [-0.39, 0.29) is 5.91 Å². The fraction of sp³-hybridized carbons (Fsp3) is 0.353. The number of methoxy groups -OCH3 is 1. The van der Waals surface area contributed by atoms with Crippen molar-refractivity contribution in [1.29, 1.82) is 0 Å². The van der Waals surface area contributed by atoms with Crippen molar-refractivity contribution in [2.75, 3.05) is 32.1 Å². The molecule has 0 saturated heterocycles. The molecule has 1 aromatic carbocycles. The van der Waals surface area contributed by atoms with Crippen molar-refractivity contribution in [3.8, 4) is 11.5 Å². The number of hydrogen-bond acceptors (Lipinski definition) is 6. The van der Waals surface area contributed by atoms with Crippen LogP contribution in [0.5, 0.6) is 11.5 Å². The lowest BCUT2D eigenvalue weighted by atomic mass is 10.3. The highest BCUT2D eigenvalue weighted by Gasteiger charge is 2.07. The summed E-state index contributed by atoms with van der Waals surface area (Å²) in [5.41, 5.74) is 0.344. The number of aromatic nitrogens is 2. The molecule has 0 aliphatic heterocycles. The summed E-state index contributed by atoms with van der Waals surface area (Å²) in [6.07, 6.45) is 2.25. The van der Waals surface area contributed by atoms with Crippen molar-refractivity contribution in [3.63, 3.8) is 0 Å². The first-order valence-corrected chi connectivity index (χ1v) is 7.84. The van der Waals surface area contributed by atoms with Crippen LogP contribution in [-0.4, -0.2) is 42.7 Å². The maximum absolute atomic E-state index is 11.9. The van der Waals surface area contributed by atoms with Crippen LogP contribution in [0.1, 0.15) is 23.8 Å². The zero-order valence-corrected chi connectivity index (χ0v) is 13.9. The Morgan fingerprint density at radius 1 is 1.12 bits per heavy atom. The highest BCUT2D eigenvalue weighted by molar-refractivity contribution is 5.92. The number of benzene rings is 1. The molecule has 0 atom stereocenters. The van der Waals surface area contributed by atoms with Crippen molar-refractivity contribution in [1.82, 2.24) is 15.3 Å². The van der Waals surface area contributed by atoms with Gasteiger partial charge in [0.15, 0.2) is 0 Å². The summed E-state index contributed by atoms with van der Waals surface area (Å²) in [4.78, 5) is 19.9. The SMILES string of the molecule is CCCNC(=O)c1cc(NCCOc2ccc(OC)cc2)ncn1. The lowest BCUT2D eigenvalue weighted by Crippen LogP contribution is -2.25. The number of nitrogens with zero attached hydrogens (tertiary/aromatic N) is 2. The Morgan fingerprint density at radius 2 is 1.88 bits per heavy atom. The quantitative estimate of drug-likeness (QED) is 0.685. The van der Waals surface area contributed by atoms with E-state index in [1.54, 1.807) is 13.2 Å². The molecule has 1 aromatic heterocycles. The van der Waals surface area contributed by atoms with Gasteiger partial charge < -0.3 is 20.1 Å². The summed E-state index contributed by atoms with van der Waals surface area (Å²) >= 11 is 0. The van der Waals surface area contributed by atoms with Crippen LogP contribution in [0.4, 0.5) is 5.82 Å². The van der Waals surface area contributed by atoms with Gasteiger partial charge in [-0.25, -0.2) is 9.97 Å². The first kappa shape index (κ1) is 17.5. The largest absolute Gasteiger partial charge is 0.497 e. The molecular weight excluding hydrogens is 308 g/mol. The monoisotopic (exact) mass is 330 g/mol. The maximum Gasteiger partial charge on any atom is 0.270 e. The normalized spacial score (nSPS) is 10.1. The van der Waals surface area contributed by atoms with E-state index in [1.165, 1.54) is 6.33 Å². The number of hydrogen-bond donors (Lipinski definition) is 2. The Hall–Kier alpha value is -2.83. The second-order valence-electron chi connectivity index (χ2n) is 5.00. The van der Waals surface area contributed by atoms with Gasteiger partial charge in [0.1, 0.15) is 35.9 Å². The Morgan fingerprint density at radius 3 is 2.58 bits per heavy atom. The third-order valence-electron chi connectivity index (χ3n) is 3.17. The average molecular weight is 330 g/mol. The summed E-state index contributed by atoms with van der Waals surface area (Å²) in [7, 11) is 1.62. The molecule has 0 spiro atoms. The van der Waals surface area contributed by atoms with Crippen LogP contribution in [-0.2, 0) is 0 Å². The van der Waals surface area contributed by atoms with E-state index in [0.717, 1.165) is 17.9 Å². The minimum atomic E-state index is -0.197. The van der Waals surface area contributed by atoms with Crippen molar-refractivity contribution >= 4 is 11.7 Å². The third-order valence-corrected chi connectivity index (χ3v) is 3.17. The lowest BCUT2D eigenvalue weighted by molar-refractivity contribution is 0.0948. The molecular formula is C17H22N4O3. The molecule has 0 radical (unpaired) electrons. The molecule has 0 unspecified atom stereocenters. The summed E-state index contributed by atoms with van der Waals surface area (Å²) in [6.45, 7) is 3.64. The highest BCUT2D eigenvalue weighted by Crippen LogP contribution is 2.16. The van der Waals surface area contributed by atoms with E-state index in [4.69, 9.17) is 9.47 Å². The summed E-state index contributed by atoms with van der Waals surface area (Å²) in [5, 5.41) is 5.89. The van der Waals surface area contributed by atoms with E-state index in [1.807, 2.05) is 31.2 Å². The minimum absolute atomic E-state index is 0.197. The molecule has 2 rings (SSSR count). The van der Waals surface area contributed by atoms with Crippen molar-refractivity contribution in [3.05, 3.63) is 42.4 Å². The van der Waals surface area contributed by atoms with Crippen molar-refractivity contribution in [2.45, 2.75) is 13.3 Å². The van der Waals surface area contributed by atoms with E-state index in [9.17, 15) is 4.79 Å². The molecule has 0 fully saturated rings. The van der Waals surface area contributed by atoms with Crippen LogP contribution in [0.3, 0.4) is 0 Å². The van der Waals surface area contributed by atoms with E-state index < -0.39 is 0 Å². The molecule has 0 saturated carbocycles. The Bertz CT molecular complexity index is 647. The second kappa shape index (κ2) is 9.34. The molecule has 0 aliphatic carbocycles. The maximum atomic E-state index is 11.9. The van der Waals surface area contributed by atoms with Crippen molar-refractivity contribution < 1.29 is 14.3 Å². The Labute approximate surface area is 141 Å². The van der Waals surface area contributed by atoms with Crippen molar-refractivity contribution in [2.24, 2.45) is 0 Å². The number of nitrogens with one attached hydrogen (secondary N) is 2. The minimum Gasteiger partial charge on any atom is -0.497 e. The van der Waals surface area contributed by atoms with Gasteiger partial charge in [-0.2, -0.15) is 0 Å². The van der Waals surface area contributed by atoms with Gasteiger partial charge in [-0.1, -0.05) is 6.92 Å². The van der Waals surface area contributed by atoms with Crippen LogP contribution in [0.25, 0.3) is 0 Å². The molecule has 7 heteroatoms. The molecule has 0 bridgehead atoms. The van der Waals surface area contributed by atoms with E-state index in [2.05, 4.69) is 20.6 Å². The number of carbonyl (C=O) groups is 1. The van der Waals surface area contributed by atoms with Crippen LogP contribution >= 0.6 is 0 Å². The van der Waals surface area contributed by atoms with E-state index >= 15 is 0 Å². The molecule has 1 heterocycles. The standard InChI is InChI=1S/C17H22N4O3/c1-3-8-19-17(22)15-11-16(21-12-20-15)18-9-10-24-14-6-4-13(23-2)5-7-14/h4-7,11-12H,3,8-10H2,1-2H3,(H,19,22)(H,18,20,21). The predicted octanol–water partition coefficient (Wildman–Crippen LogP) is 2.12. The average Bonchev–Trinajstić information content (AvgIpc) is 2.64. The van der Waals surface area contributed by atoms with Crippen LogP contribution in [0.15, 0.2) is 36.7 Å². The smallest absolute Gasteiger partial charge is 0.270 e. The summed E-state index contributed by atoms with van der Waals surface area (Å²) in [6, 6.07) is 9.00. The van der Waals surface area contributed by atoms with Gasteiger partial charge in [0.05, 0.1) is 13.7 Å². The van der Waals surface area contributed by atoms with Crippen LogP contribution in [0.2, 0.25) is 0 Å². The molecule has 0 aliphatic rings. The number of amides is 1. The van der Waals surface area contributed by atoms with Gasteiger partial charge in [-0.05, 0) is 30.7 Å². The second-order valence-corrected chi connectivity index (χ2v) is 5.00. The molecule has 7 nitrogen and oxygen atoms in total. The van der Waals surface area contributed by atoms with Crippen LogP contribution in [0, 0.1) is 0 Å². The highest BCUT2D eigenvalue weighted by atomic mass is 16.5. The number of rotatable bonds is 9. The zero-order valence-electron chi connectivity index (χ0n) is 13.9. The zero-order chi connectivity index (χ0) is 17.2. The third kappa shape index (κ3) is 5.42. The van der Waals surface area contributed by atoms with Crippen LogP contribution < -0.4 is 20.1 Å². The van der Waals surface area contributed by atoms with E-state index in [0.29, 0.717) is 31.2 Å². The Balaban J connectivity index is 1.78. The topological polar surface area (TPSA) is 85.4 Å². The first-order chi connectivity index (χ1) is 11.7. The van der Waals surface area contributed by atoms with Gasteiger partial charge in [0.2, 0.25) is 0 Å². The van der Waals surface area contributed by atoms with Gasteiger partial charge in [-0.15, -0.1) is 0 Å². The number of carbonyl (C=O) groups excluding carboxylic acids is 1. The fourth-order valence-corrected chi connectivity index (χ4v) is 1.93. The van der Waals surface area contributed by atoms with Gasteiger partial charge >= 0.3 is 0 Å². The first-order valence-electron chi connectivity index (χ1n) is 7.84.